The lowest BCUT2D eigenvalue weighted by molar-refractivity contribution is -0.141. The Hall–Kier alpha value is -2.04. The molecule has 2 aromatic rings. The molecule has 2 rings (SSSR count). The number of carbonyl (C=O) groups is 2. The first kappa shape index (κ1) is 23.2. The molecule has 0 heterocycles. The summed E-state index contributed by atoms with van der Waals surface area (Å²) >= 11 is 12.4. The summed E-state index contributed by atoms with van der Waals surface area (Å²) < 4.78 is 0. The van der Waals surface area contributed by atoms with Gasteiger partial charge >= 0.3 is 0 Å². The van der Waals surface area contributed by atoms with Gasteiger partial charge in [-0.15, -0.1) is 0 Å². The molecule has 1 N–H and O–H groups in total. The van der Waals surface area contributed by atoms with Gasteiger partial charge in [-0.2, -0.15) is 0 Å². The molecule has 0 aliphatic rings. The van der Waals surface area contributed by atoms with E-state index in [0.29, 0.717) is 35.3 Å². The normalized spacial score (nSPS) is 11.9. The van der Waals surface area contributed by atoms with Crippen LogP contribution in [-0.4, -0.2) is 29.3 Å². The van der Waals surface area contributed by atoms with Gasteiger partial charge in [-0.3, -0.25) is 9.59 Å². The van der Waals surface area contributed by atoms with Crippen molar-refractivity contribution in [1.29, 1.82) is 0 Å². The zero-order valence-electron chi connectivity index (χ0n) is 17.1. The van der Waals surface area contributed by atoms with Gasteiger partial charge < -0.3 is 10.2 Å². The largest absolute Gasteiger partial charge is 0.354 e. The lowest BCUT2D eigenvalue weighted by Gasteiger charge is -2.31. The van der Waals surface area contributed by atoms with Crippen LogP contribution in [0.4, 0.5) is 0 Å². The molecule has 0 unspecified atom stereocenters. The first-order chi connectivity index (χ1) is 13.8. The highest BCUT2D eigenvalue weighted by Gasteiger charge is 2.30. The monoisotopic (exact) mass is 434 g/mol. The SMILES string of the molecule is CCC(=O)N(Cc1ccc(Cl)cc1Cl)[C@H](Cc1ccccc1)C(=O)NCC(C)C. The molecule has 156 valence electrons. The zero-order chi connectivity index (χ0) is 21.4. The fourth-order valence-corrected chi connectivity index (χ4v) is 3.48. The van der Waals surface area contributed by atoms with Crippen LogP contribution in [0.3, 0.4) is 0 Å². The van der Waals surface area contributed by atoms with Crippen LogP contribution in [0.25, 0.3) is 0 Å². The van der Waals surface area contributed by atoms with Crippen LogP contribution < -0.4 is 5.32 Å². The second-order valence-electron chi connectivity index (χ2n) is 7.46. The first-order valence-electron chi connectivity index (χ1n) is 9.86. The lowest BCUT2D eigenvalue weighted by Crippen LogP contribution is -2.50. The number of hydrogen-bond acceptors (Lipinski definition) is 2. The quantitative estimate of drug-likeness (QED) is 0.595. The van der Waals surface area contributed by atoms with Gasteiger partial charge in [0.1, 0.15) is 6.04 Å². The van der Waals surface area contributed by atoms with Crippen molar-refractivity contribution in [3.63, 3.8) is 0 Å². The molecule has 2 amide bonds. The summed E-state index contributed by atoms with van der Waals surface area (Å²) in [5, 5.41) is 3.99. The summed E-state index contributed by atoms with van der Waals surface area (Å²) in [6, 6.07) is 14.3. The van der Waals surface area contributed by atoms with Crippen LogP contribution in [0.5, 0.6) is 0 Å². The van der Waals surface area contributed by atoms with E-state index in [0.717, 1.165) is 11.1 Å². The number of nitrogens with one attached hydrogen (secondary N) is 1. The number of rotatable bonds is 9. The summed E-state index contributed by atoms with van der Waals surface area (Å²) in [5.74, 6) is 0.0587. The van der Waals surface area contributed by atoms with Crippen LogP contribution in [0.15, 0.2) is 48.5 Å². The smallest absolute Gasteiger partial charge is 0.243 e. The molecule has 0 aromatic heterocycles. The van der Waals surface area contributed by atoms with E-state index in [1.807, 2.05) is 44.2 Å². The maximum Gasteiger partial charge on any atom is 0.243 e. The van der Waals surface area contributed by atoms with Crippen molar-refractivity contribution >= 4 is 35.0 Å². The highest BCUT2D eigenvalue weighted by Crippen LogP contribution is 2.24. The molecule has 0 bridgehead atoms. The van der Waals surface area contributed by atoms with Gasteiger partial charge in [-0.1, -0.05) is 80.4 Å². The third kappa shape index (κ3) is 7.06. The molecule has 0 fully saturated rings. The van der Waals surface area contributed by atoms with Gasteiger partial charge in [0.2, 0.25) is 11.8 Å². The van der Waals surface area contributed by atoms with Crippen LogP contribution >= 0.6 is 23.2 Å². The van der Waals surface area contributed by atoms with Crippen LogP contribution in [0.2, 0.25) is 10.0 Å². The average Bonchev–Trinajstić information content (AvgIpc) is 2.70. The molecule has 0 saturated carbocycles. The molecular formula is C23H28Cl2N2O2. The summed E-state index contributed by atoms with van der Waals surface area (Å²) in [5.41, 5.74) is 1.75. The molecule has 6 heteroatoms. The van der Waals surface area contributed by atoms with E-state index in [1.54, 1.807) is 30.0 Å². The van der Waals surface area contributed by atoms with Gasteiger partial charge in [0.05, 0.1) is 0 Å². The van der Waals surface area contributed by atoms with Crippen molar-refractivity contribution in [2.45, 2.75) is 46.2 Å². The summed E-state index contributed by atoms with van der Waals surface area (Å²) in [4.78, 5) is 27.6. The third-order valence-electron chi connectivity index (χ3n) is 4.61. The van der Waals surface area contributed by atoms with Crippen LogP contribution in [-0.2, 0) is 22.6 Å². The Bertz CT molecular complexity index is 825. The fraction of sp³-hybridized carbons (Fsp3) is 0.391. The summed E-state index contributed by atoms with van der Waals surface area (Å²) in [6.45, 7) is 6.67. The second-order valence-corrected chi connectivity index (χ2v) is 8.30. The number of amides is 2. The molecule has 1 atom stereocenters. The molecule has 2 aromatic carbocycles. The number of benzene rings is 2. The van der Waals surface area contributed by atoms with Gasteiger partial charge in [-0.05, 0) is 29.2 Å². The standard InChI is InChI=1S/C23H28Cl2N2O2/c1-4-22(28)27(15-18-10-11-19(24)13-20(18)25)21(23(29)26-14-16(2)3)12-17-8-6-5-7-9-17/h5-11,13,16,21H,4,12,14-15H2,1-3H3,(H,26,29)/t21-/m1/s1. The van der Waals surface area contributed by atoms with Gasteiger partial charge in [0.15, 0.2) is 0 Å². The summed E-state index contributed by atoms with van der Waals surface area (Å²) in [7, 11) is 0. The predicted octanol–water partition coefficient (Wildman–Crippen LogP) is 5.12. The Morgan fingerprint density at radius 3 is 2.34 bits per heavy atom. The van der Waals surface area contributed by atoms with Crippen molar-refractivity contribution in [1.82, 2.24) is 10.2 Å². The Labute approximate surface area is 183 Å². The van der Waals surface area contributed by atoms with Crippen LogP contribution in [0.1, 0.15) is 38.3 Å². The minimum Gasteiger partial charge on any atom is -0.354 e. The van der Waals surface area contributed by atoms with E-state index in [-0.39, 0.29) is 18.4 Å². The molecule has 0 spiro atoms. The highest BCUT2D eigenvalue weighted by molar-refractivity contribution is 6.35. The number of halogens is 2. The maximum atomic E-state index is 13.1. The Morgan fingerprint density at radius 1 is 1.07 bits per heavy atom. The van der Waals surface area contributed by atoms with Crippen molar-refractivity contribution < 1.29 is 9.59 Å². The van der Waals surface area contributed by atoms with Crippen molar-refractivity contribution in [3.05, 3.63) is 69.7 Å². The van der Waals surface area contributed by atoms with E-state index in [9.17, 15) is 9.59 Å². The minimum atomic E-state index is -0.629. The van der Waals surface area contributed by atoms with E-state index >= 15 is 0 Å². The zero-order valence-corrected chi connectivity index (χ0v) is 18.6. The highest BCUT2D eigenvalue weighted by atomic mass is 35.5. The Morgan fingerprint density at radius 2 is 1.76 bits per heavy atom. The van der Waals surface area contributed by atoms with E-state index in [1.165, 1.54) is 0 Å². The molecule has 0 aliphatic heterocycles. The van der Waals surface area contributed by atoms with Crippen molar-refractivity contribution in [2.75, 3.05) is 6.54 Å². The topological polar surface area (TPSA) is 49.4 Å². The third-order valence-corrected chi connectivity index (χ3v) is 5.20. The summed E-state index contributed by atoms with van der Waals surface area (Å²) in [6.07, 6.45) is 0.732. The molecule has 29 heavy (non-hydrogen) atoms. The second kappa shape index (κ2) is 11.2. The van der Waals surface area contributed by atoms with E-state index < -0.39 is 6.04 Å². The molecule has 4 nitrogen and oxygen atoms in total. The predicted molar refractivity (Wildman–Crippen MR) is 119 cm³/mol. The molecular weight excluding hydrogens is 407 g/mol. The number of carbonyl (C=O) groups excluding carboxylic acids is 2. The van der Waals surface area contributed by atoms with Gasteiger partial charge in [0, 0.05) is 36.0 Å². The van der Waals surface area contributed by atoms with Crippen LogP contribution in [0, 0.1) is 5.92 Å². The average molecular weight is 435 g/mol. The number of nitrogens with zero attached hydrogens (tertiary/aromatic N) is 1. The molecule has 0 saturated heterocycles. The molecule has 0 radical (unpaired) electrons. The lowest BCUT2D eigenvalue weighted by atomic mass is 10.0. The number of hydrogen-bond donors (Lipinski definition) is 1. The van der Waals surface area contributed by atoms with E-state index in [2.05, 4.69) is 5.32 Å². The van der Waals surface area contributed by atoms with Gasteiger partial charge in [-0.25, -0.2) is 0 Å². The Balaban J connectivity index is 2.36. The van der Waals surface area contributed by atoms with E-state index in [4.69, 9.17) is 23.2 Å². The van der Waals surface area contributed by atoms with Crippen molar-refractivity contribution in [3.8, 4) is 0 Å². The fourth-order valence-electron chi connectivity index (χ4n) is 3.01. The van der Waals surface area contributed by atoms with Gasteiger partial charge in [0.25, 0.3) is 0 Å². The Kier molecular flexibility index (Phi) is 8.99. The maximum absolute atomic E-state index is 13.1. The molecule has 0 aliphatic carbocycles. The minimum absolute atomic E-state index is 0.100. The van der Waals surface area contributed by atoms with Crippen molar-refractivity contribution in [2.24, 2.45) is 5.92 Å². The first-order valence-corrected chi connectivity index (χ1v) is 10.6.